The number of carbonyl (C=O) groups excluding carboxylic acids is 1. The Morgan fingerprint density at radius 1 is 1.35 bits per heavy atom. The summed E-state index contributed by atoms with van der Waals surface area (Å²) in [4.78, 5) is 10.8. The van der Waals surface area contributed by atoms with E-state index in [1.165, 1.54) is 6.92 Å². The van der Waals surface area contributed by atoms with Gasteiger partial charge < -0.3 is 20.8 Å². The number of rotatable bonds is 6. The lowest BCUT2D eigenvalue weighted by molar-refractivity contribution is -0.114. The maximum Gasteiger partial charge on any atom is 0.221 e. The number of anilines is 1. The van der Waals surface area contributed by atoms with E-state index in [-0.39, 0.29) is 12.5 Å². The van der Waals surface area contributed by atoms with Crippen molar-refractivity contribution in [3.05, 3.63) is 29.8 Å². The second-order valence-corrected chi connectivity index (χ2v) is 3.85. The fourth-order valence-electron chi connectivity index (χ4n) is 1.36. The van der Waals surface area contributed by atoms with Crippen LogP contribution in [0.3, 0.4) is 0 Å². The van der Waals surface area contributed by atoms with E-state index in [1.807, 2.05) is 24.3 Å². The van der Waals surface area contributed by atoms with E-state index in [4.69, 9.17) is 10.2 Å². The van der Waals surface area contributed by atoms with Crippen LogP contribution in [0.5, 0.6) is 0 Å². The summed E-state index contributed by atoms with van der Waals surface area (Å²) in [7, 11) is 0. The third kappa shape index (κ3) is 5.44. The molecule has 5 heteroatoms. The van der Waals surface area contributed by atoms with Crippen molar-refractivity contribution in [1.82, 2.24) is 5.32 Å². The second kappa shape index (κ2) is 7.01. The number of aliphatic hydroxyl groups excluding tert-OH is 2. The van der Waals surface area contributed by atoms with Gasteiger partial charge in [0.1, 0.15) is 0 Å². The number of benzene rings is 1. The summed E-state index contributed by atoms with van der Waals surface area (Å²) in [5.41, 5.74) is 1.81. The maximum atomic E-state index is 10.8. The Kier molecular flexibility index (Phi) is 5.62. The molecule has 0 aliphatic rings. The van der Waals surface area contributed by atoms with Crippen molar-refractivity contribution in [2.24, 2.45) is 0 Å². The number of amides is 1. The van der Waals surface area contributed by atoms with Crippen molar-refractivity contribution in [3.8, 4) is 0 Å². The highest BCUT2D eigenvalue weighted by atomic mass is 16.3. The molecular formula is C12H18N2O3. The van der Waals surface area contributed by atoms with Crippen LogP contribution in [-0.2, 0) is 11.3 Å². The monoisotopic (exact) mass is 238 g/mol. The summed E-state index contributed by atoms with van der Waals surface area (Å²) in [5.74, 6) is -0.0954. The van der Waals surface area contributed by atoms with Gasteiger partial charge in [-0.25, -0.2) is 0 Å². The minimum absolute atomic E-state index is 0.0954. The molecule has 0 spiro atoms. The van der Waals surface area contributed by atoms with Crippen LogP contribution < -0.4 is 10.6 Å². The zero-order valence-electron chi connectivity index (χ0n) is 9.81. The molecule has 0 heterocycles. The highest BCUT2D eigenvalue weighted by molar-refractivity contribution is 5.88. The van der Waals surface area contributed by atoms with Crippen molar-refractivity contribution in [1.29, 1.82) is 0 Å². The first kappa shape index (κ1) is 13.6. The first-order chi connectivity index (χ1) is 8.11. The van der Waals surface area contributed by atoms with E-state index in [0.717, 1.165) is 11.3 Å². The van der Waals surface area contributed by atoms with Gasteiger partial charge in [0.25, 0.3) is 0 Å². The summed E-state index contributed by atoms with van der Waals surface area (Å²) >= 11 is 0. The lowest BCUT2D eigenvalue weighted by atomic mass is 10.2. The first-order valence-electron chi connectivity index (χ1n) is 5.48. The van der Waals surface area contributed by atoms with Gasteiger partial charge in [-0.2, -0.15) is 0 Å². The van der Waals surface area contributed by atoms with Gasteiger partial charge in [-0.1, -0.05) is 12.1 Å². The second-order valence-electron chi connectivity index (χ2n) is 3.85. The first-order valence-corrected chi connectivity index (χ1v) is 5.48. The molecule has 5 nitrogen and oxygen atoms in total. The molecule has 0 aliphatic heterocycles. The molecule has 94 valence electrons. The van der Waals surface area contributed by atoms with Crippen molar-refractivity contribution < 1.29 is 15.0 Å². The van der Waals surface area contributed by atoms with Gasteiger partial charge in [0.15, 0.2) is 0 Å². The standard InChI is InChI=1S/C12H18N2O3/c1-9(16)14-11-4-2-10(3-5-11)6-13-7-12(17)8-15/h2-5,12-13,15,17H,6-8H2,1H3,(H,14,16). The lowest BCUT2D eigenvalue weighted by Gasteiger charge is -2.09. The molecule has 0 radical (unpaired) electrons. The molecule has 1 unspecified atom stereocenters. The Hall–Kier alpha value is -1.43. The van der Waals surface area contributed by atoms with Crippen LogP contribution in [0.1, 0.15) is 12.5 Å². The number of aliphatic hydroxyl groups is 2. The summed E-state index contributed by atoms with van der Waals surface area (Å²) < 4.78 is 0. The van der Waals surface area contributed by atoms with Crippen LogP contribution in [0.4, 0.5) is 5.69 Å². The number of nitrogens with one attached hydrogen (secondary N) is 2. The molecule has 1 aromatic rings. The van der Waals surface area contributed by atoms with Crippen LogP contribution in [0.25, 0.3) is 0 Å². The van der Waals surface area contributed by atoms with Gasteiger partial charge in [0.05, 0.1) is 12.7 Å². The quantitative estimate of drug-likeness (QED) is 0.566. The molecular weight excluding hydrogens is 220 g/mol. The van der Waals surface area contributed by atoms with E-state index in [0.29, 0.717) is 13.1 Å². The molecule has 1 rings (SSSR count). The predicted octanol–water partition coefficient (Wildman–Crippen LogP) is 0.0878. The number of hydrogen-bond donors (Lipinski definition) is 4. The van der Waals surface area contributed by atoms with Gasteiger partial charge in [-0.3, -0.25) is 4.79 Å². The van der Waals surface area contributed by atoms with Crippen LogP contribution in [0.15, 0.2) is 24.3 Å². The Labute approximate surface area is 100 Å². The van der Waals surface area contributed by atoms with Crippen LogP contribution in [0.2, 0.25) is 0 Å². The topological polar surface area (TPSA) is 81.6 Å². The minimum Gasteiger partial charge on any atom is -0.394 e. The fourth-order valence-corrected chi connectivity index (χ4v) is 1.36. The van der Waals surface area contributed by atoms with Gasteiger partial charge in [0, 0.05) is 25.7 Å². The van der Waals surface area contributed by atoms with E-state index in [2.05, 4.69) is 10.6 Å². The highest BCUT2D eigenvalue weighted by Gasteiger charge is 2.01. The van der Waals surface area contributed by atoms with Gasteiger partial charge >= 0.3 is 0 Å². The molecule has 1 aromatic carbocycles. The summed E-state index contributed by atoms with van der Waals surface area (Å²) in [6.45, 7) is 2.18. The fraction of sp³-hybridized carbons (Fsp3) is 0.417. The maximum absolute atomic E-state index is 10.8. The Morgan fingerprint density at radius 2 is 2.00 bits per heavy atom. The third-order valence-electron chi connectivity index (χ3n) is 2.19. The molecule has 0 aromatic heterocycles. The number of hydrogen-bond acceptors (Lipinski definition) is 4. The summed E-state index contributed by atoms with van der Waals surface area (Å²) in [6.07, 6.45) is -0.728. The molecule has 1 amide bonds. The highest BCUT2D eigenvalue weighted by Crippen LogP contribution is 2.09. The molecule has 0 aliphatic carbocycles. The smallest absolute Gasteiger partial charge is 0.221 e. The summed E-state index contributed by atoms with van der Waals surface area (Å²) in [6, 6.07) is 7.43. The van der Waals surface area contributed by atoms with E-state index in [9.17, 15) is 4.79 Å². The van der Waals surface area contributed by atoms with Gasteiger partial charge in [0.2, 0.25) is 5.91 Å². The average Bonchev–Trinajstić information content (AvgIpc) is 2.30. The van der Waals surface area contributed by atoms with Crippen molar-refractivity contribution in [3.63, 3.8) is 0 Å². The predicted molar refractivity (Wildman–Crippen MR) is 65.5 cm³/mol. The molecule has 1 atom stereocenters. The van der Waals surface area contributed by atoms with Crippen molar-refractivity contribution in [2.75, 3.05) is 18.5 Å². The van der Waals surface area contributed by atoms with Crippen LogP contribution in [0, 0.1) is 0 Å². The molecule has 17 heavy (non-hydrogen) atoms. The Balaban J connectivity index is 2.37. The average molecular weight is 238 g/mol. The van der Waals surface area contributed by atoms with Crippen molar-refractivity contribution in [2.45, 2.75) is 19.6 Å². The van der Waals surface area contributed by atoms with E-state index >= 15 is 0 Å². The third-order valence-corrected chi connectivity index (χ3v) is 2.19. The van der Waals surface area contributed by atoms with Crippen LogP contribution >= 0.6 is 0 Å². The molecule has 0 bridgehead atoms. The normalized spacial score (nSPS) is 12.2. The van der Waals surface area contributed by atoms with E-state index in [1.54, 1.807) is 0 Å². The zero-order valence-corrected chi connectivity index (χ0v) is 9.81. The summed E-state index contributed by atoms with van der Waals surface area (Å²) in [5, 5.41) is 23.4. The Morgan fingerprint density at radius 3 is 2.53 bits per heavy atom. The Bertz CT molecular complexity index is 351. The van der Waals surface area contributed by atoms with Gasteiger partial charge in [-0.05, 0) is 17.7 Å². The van der Waals surface area contributed by atoms with E-state index < -0.39 is 6.10 Å². The molecule has 4 N–H and O–H groups in total. The largest absolute Gasteiger partial charge is 0.394 e. The van der Waals surface area contributed by atoms with Gasteiger partial charge in [-0.15, -0.1) is 0 Å². The van der Waals surface area contributed by atoms with Crippen LogP contribution in [-0.4, -0.2) is 35.4 Å². The number of carbonyl (C=O) groups is 1. The zero-order chi connectivity index (χ0) is 12.7. The SMILES string of the molecule is CC(=O)Nc1ccc(CNCC(O)CO)cc1. The minimum atomic E-state index is -0.728. The lowest BCUT2D eigenvalue weighted by Crippen LogP contribution is -2.28. The molecule has 0 saturated carbocycles. The molecule has 0 fully saturated rings. The van der Waals surface area contributed by atoms with Crippen molar-refractivity contribution >= 4 is 11.6 Å². The molecule has 0 saturated heterocycles.